The molecule has 0 spiro atoms. The van der Waals surface area contributed by atoms with E-state index in [0.717, 1.165) is 21.4 Å². The summed E-state index contributed by atoms with van der Waals surface area (Å²) in [4.78, 5) is 0. The average molecular weight is 418 g/mol. The predicted molar refractivity (Wildman–Crippen MR) is 120 cm³/mol. The Bertz CT molecular complexity index is 960. The molecule has 31 heavy (non-hydrogen) atoms. The molecule has 3 aromatic carbocycles. The number of hydrogen-bond donors (Lipinski definition) is 0. The fourth-order valence-corrected chi connectivity index (χ4v) is 3.62. The van der Waals surface area contributed by atoms with Crippen molar-refractivity contribution in [3.8, 4) is 0 Å². The first-order chi connectivity index (χ1) is 15.3. The van der Waals surface area contributed by atoms with E-state index in [0.29, 0.717) is 25.5 Å². The van der Waals surface area contributed by atoms with Crippen LogP contribution >= 0.6 is 0 Å². The lowest BCUT2D eigenvalue weighted by atomic mass is 10.1. The van der Waals surface area contributed by atoms with Crippen LogP contribution in [0.15, 0.2) is 91.0 Å². The molecule has 0 radical (unpaired) electrons. The Morgan fingerprint density at radius 1 is 0.645 bits per heavy atom. The van der Waals surface area contributed by atoms with Crippen LogP contribution in [0, 0.1) is 5.21 Å². The molecule has 0 aromatic heterocycles. The van der Waals surface area contributed by atoms with Gasteiger partial charge in [-0.2, -0.15) is 0 Å². The number of ether oxygens (including phenoxy) is 3. The minimum atomic E-state index is -0.447. The molecule has 1 aliphatic heterocycles. The summed E-state index contributed by atoms with van der Waals surface area (Å²) in [7, 11) is 0. The Labute approximate surface area is 183 Å². The highest BCUT2D eigenvalue weighted by molar-refractivity contribution is 5.87. The van der Waals surface area contributed by atoms with Crippen molar-refractivity contribution in [2.45, 2.75) is 32.0 Å². The summed E-state index contributed by atoms with van der Waals surface area (Å²) in [5, 5.41) is 12.7. The normalized spacial score (nSPS) is 18.5. The fourth-order valence-electron chi connectivity index (χ4n) is 3.62. The number of rotatable bonds is 10. The Balaban J connectivity index is 1.41. The van der Waals surface area contributed by atoms with Crippen molar-refractivity contribution in [1.29, 1.82) is 0 Å². The summed E-state index contributed by atoms with van der Waals surface area (Å²) >= 11 is 0. The van der Waals surface area contributed by atoms with E-state index in [4.69, 9.17) is 14.2 Å². The Morgan fingerprint density at radius 2 is 1.13 bits per heavy atom. The SMILES string of the molecule is [O-][N+]1=C(COCc2ccccc2)C(OCc2ccccc2)C(OCc2ccccc2)C1. The first-order valence-corrected chi connectivity index (χ1v) is 10.5. The van der Waals surface area contributed by atoms with E-state index >= 15 is 0 Å². The lowest BCUT2D eigenvalue weighted by Crippen LogP contribution is -2.36. The molecule has 0 N–H and O–H groups in total. The van der Waals surface area contributed by atoms with Gasteiger partial charge in [0.1, 0.15) is 6.61 Å². The lowest BCUT2D eigenvalue weighted by Gasteiger charge is -2.19. The first kappa shape index (κ1) is 21.2. The smallest absolute Gasteiger partial charge is 0.221 e. The molecule has 160 valence electrons. The van der Waals surface area contributed by atoms with Crippen LogP contribution in [0.1, 0.15) is 16.7 Å². The topological polar surface area (TPSA) is 53.8 Å². The molecule has 5 nitrogen and oxygen atoms in total. The van der Waals surface area contributed by atoms with Crippen molar-refractivity contribution < 1.29 is 18.9 Å². The van der Waals surface area contributed by atoms with Crippen molar-refractivity contribution in [2.75, 3.05) is 13.2 Å². The molecule has 0 fully saturated rings. The van der Waals surface area contributed by atoms with Gasteiger partial charge in [-0.05, 0) is 16.7 Å². The van der Waals surface area contributed by atoms with Crippen LogP contribution < -0.4 is 0 Å². The highest BCUT2D eigenvalue weighted by Gasteiger charge is 2.41. The van der Waals surface area contributed by atoms with Gasteiger partial charge in [0.05, 0.1) is 19.8 Å². The highest BCUT2D eigenvalue weighted by atomic mass is 16.6. The third kappa shape index (κ3) is 6.01. The largest absolute Gasteiger partial charge is 0.624 e. The second-order valence-electron chi connectivity index (χ2n) is 7.58. The summed E-state index contributed by atoms with van der Waals surface area (Å²) in [5.41, 5.74) is 3.76. The van der Waals surface area contributed by atoms with E-state index in [1.54, 1.807) is 0 Å². The standard InChI is InChI=1S/C26H27NO4/c28-27-16-25(30-18-22-12-6-2-7-13-22)26(31-19-23-14-8-3-9-15-23)24(27)20-29-17-21-10-4-1-5-11-21/h1-15,25-26H,16-20H2. The molecule has 0 saturated carbocycles. The Kier molecular flexibility index (Phi) is 7.45. The zero-order valence-electron chi connectivity index (χ0n) is 17.4. The number of hydroxylamine groups is 1. The van der Waals surface area contributed by atoms with Gasteiger partial charge >= 0.3 is 0 Å². The quantitative estimate of drug-likeness (QED) is 0.364. The number of hydrogen-bond acceptors (Lipinski definition) is 4. The van der Waals surface area contributed by atoms with E-state index in [1.807, 2.05) is 91.0 Å². The summed E-state index contributed by atoms with van der Waals surface area (Å²) < 4.78 is 19.1. The summed E-state index contributed by atoms with van der Waals surface area (Å²) in [6.07, 6.45) is -0.797. The van der Waals surface area contributed by atoms with E-state index in [2.05, 4.69) is 0 Å². The molecule has 2 unspecified atom stereocenters. The summed E-state index contributed by atoms with van der Waals surface area (Å²) in [6, 6.07) is 29.8. The van der Waals surface area contributed by atoms with Gasteiger partial charge < -0.3 is 19.4 Å². The minimum absolute atomic E-state index is 0.211. The van der Waals surface area contributed by atoms with Crippen LogP contribution in [0.25, 0.3) is 0 Å². The van der Waals surface area contributed by atoms with Gasteiger partial charge in [-0.3, -0.25) is 0 Å². The third-order valence-corrected chi connectivity index (χ3v) is 5.27. The van der Waals surface area contributed by atoms with Crippen LogP contribution in [0.3, 0.4) is 0 Å². The number of benzene rings is 3. The second-order valence-corrected chi connectivity index (χ2v) is 7.58. The summed E-state index contributed by atoms with van der Waals surface area (Å²) in [6.45, 7) is 1.73. The molecule has 1 aliphatic rings. The monoisotopic (exact) mass is 417 g/mol. The van der Waals surface area contributed by atoms with Crippen molar-refractivity contribution in [1.82, 2.24) is 0 Å². The zero-order chi connectivity index (χ0) is 21.3. The molecule has 4 rings (SSSR count). The Morgan fingerprint density at radius 3 is 1.68 bits per heavy atom. The lowest BCUT2D eigenvalue weighted by molar-refractivity contribution is -0.459. The third-order valence-electron chi connectivity index (χ3n) is 5.27. The van der Waals surface area contributed by atoms with Gasteiger partial charge in [-0.25, -0.2) is 4.74 Å². The van der Waals surface area contributed by atoms with E-state index in [1.165, 1.54) is 0 Å². The van der Waals surface area contributed by atoms with Gasteiger partial charge in [-0.1, -0.05) is 91.0 Å². The molecular formula is C26H27NO4. The maximum Gasteiger partial charge on any atom is 0.221 e. The van der Waals surface area contributed by atoms with Crippen molar-refractivity contribution >= 4 is 5.71 Å². The molecule has 0 amide bonds. The fraction of sp³-hybridized carbons (Fsp3) is 0.269. The number of nitrogens with zero attached hydrogens (tertiary/aromatic N) is 1. The Hall–Kier alpha value is -2.99. The molecule has 0 saturated heterocycles. The van der Waals surface area contributed by atoms with Gasteiger partial charge in [0.2, 0.25) is 5.71 Å². The minimum Gasteiger partial charge on any atom is -0.624 e. The van der Waals surface area contributed by atoms with Crippen LogP contribution in [0.4, 0.5) is 0 Å². The molecular weight excluding hydrogens is 390 g/mol. The van der Waals surface area contributed by atoms with E-state index in [-0.39, 0.29) is 19.3 Å². The van der Waals surface area contributed by atoms with E-state index in [9.17, 15) is 5.21 Å². The van der Waals surface area contributed by atoms with E-state index < -0.39 is 6.10 Å². The molecule has 1 heterocycles. The predicted octanol–water partition coefficient (Wildman–Crippen LogP) is 4.34. The van der Waals surface area contributed by atoms with Crippen molar-refractivity contribution in [3.63, 3.8) is 0 Å². The van der Waals surface area contributed by atoms with Crippen molar-refractivity contribution in [2.24, 2.45) is 0 Å². The van der Waals surface area contributed by atoms with Crippen LogP contribution in [0.5, 0.6) is 0 Å². The van der Waals surface area contributed by atoms with Gasteiger partial charge in [0, 0.05) is 0 Å². The van der Waals surface area contributed by atoms with Crippen molar-refractivity contribution in [3.05, 3.63) is 113 Å². The maximum atomic E-state index is 12.7. The van der Waals surface area contributed by atoms with Crippen LogP contribution in [0.2, 0.25) is 0 Å². The summed E-state index contributed by atoms with van der Waals surface area (Å²) in [5.74, 6) is 0. The second kappa shape index (κ2) is 10.9. The molecule has 5 heteroatoms. The molecule has 0 aliphatic carbocycles. The molecule has 3 aromatic rings. The van der Waals surface area contributed by atoms with Crippen LogP contribution in [-0.4, -0.2) is 35.8 Å². The highest BCUT2D eigenvalue weighted by Crippen LogP contribution is 2.19. The zero-order valence-corrected chi connectivity index (χ0v) is 17.4. The van der Waals surface area contributed by atoms with Crippen LogP contribution in [-0.2, 0) is 34.0 Å². The first-order valence-electron chi connectivity index (χ1n) is 10.5. The van der Waals surface area contributed by atoms with Gasteiger partial charge in [0.25, 0.3) is 0 Å². The molecule has 2 atom stereocenters. The van der Waals surface area contributed by atoms with Gasteiger partial charge in [-0.15, -0.1) is 0 Å². The average Bonchev–Trinajstić information content (AvgIpc) is 3.12. The van der Waals surface area contributed by atoms with Gasteiger partial charge in [0.15, 0.2) is 18.8 Å². The maximum absolute atomic E-state index is 12.7. The molecule has 0 bridgehead atoms.